The molecule has 27 heavy (non-hydrogen) atoms. The maximum absolute atomic E-state index is 12.1. The number of rotatable bonds is 7. The largest absolute Gasteiger partial charge is 0.493 e. The van der Waals surface area contributed by atoms with Crippen molar-refractivity contribution in [2.45, 2.75) is 40.2 Å². The number of nitrogens with one attached hydrogen (secondary N) is 2. The molecule has 3 amide bonds. The van der Waals surface area contributed by atoms with Crippen molar-refractivity contribution in [2.75, 3.05) is 20.3 Å². The number of carbonyl (C=O) groups excluding carboxylic acids is 3. The molecule has 2 N–H and O–H groups in total. The molecule has 0 fully saturated rings. The Morgan fingerprint density at radius 3 is 2.33 bits per heavy atom. The predicted molar refractivity (Wildman–Crippen MR) is 100 cm³/mol. The first-order chi connectivity index (χ1) is 12.5. The van der Waals surface area contributed by atoms with Crippen molar-refractivity contribution in [1.82, 2.24) is 10.6 Å². The minimum absolute atomic E-state index is 0.204. The van der Waals surface area contributed by atoms with Crippen molar-refractivity contribution in [3.8, 4) is 11.5 Å². The molecule has 0 atom stereocenters. The van der Waals surface area contributed by atoms with E-state index >= 15 is 0 Å². The second kappa shape index (κ2) is 9.80. The topological polar surface area (TPSA) is 103 Å². The molecule has 0 aliphatic carbocycles. The van der Waals surface area contributed by atoms with E-state index in [0.29, 0.717) is 24.0 Å². The molecule has 0 bridgehead atoms. The summed E-state index contributed by atoms with van der Waals surface area (Å²) in [4.78, 5) is 35.4. The summed E-state index contributed by atoms with van der Waals surface area (Å²) in [6.45, 7) is 9.30. The van der Waals surface area contributed by atoms with Gasteiger partial charge in [0.25, 0.3) is 5.91 Å². The Labute approximate surface area is 159 Å². The van der Waals surface area contributed by atoms with Crippen LogP contribution in [0.3, 0.4) is 0 Å². The molecular formula is C19H28N2O6. The molecule has 1 aromatic carbocycles. The number of urea groups is 1. The zero-order valence-electron chi connectivity index (χ0n) is 16.7. The lowest BCUT2D eigenvalue weighted by molar-refractivity contribution is -0.123. The van der Waals surface area contributed by atoms with Gasteiger partial charge < -0.3 is 19.5 Å². The Morgan fingerprint density at radius 1 is 1.11 bits per heavy atom. The minimum atomic E-state index is -0.728. The summed E-state index contributed by atoms with van der Waals surface area (Å²) in [5.41, 5.74) is -0.285. The molecule has 0 aromatic heterocycles. The highest BCUT2D eigenvalue weighted by Gasteiger charge is 2.18. The lowest BCUT2D eigenvalue weighted by atomic mass is 10.1. The molecule has 0 heterocycles. The molecule has 0 aliphatic heterocycles. The van der Waals surface area contributed by atoms with E-state index in [1.165, 1.54) is 19.2 Å². The molecule has 1 rings (SSSR count). The Bertz CT molecular complexity index is 679. The number of hydrogen-bond acceptors (Lipinski definition) is 6. The number of amides is 3. The maximum atomic E-state index is 12.1. The van der Waals surface area contributed by atoms with Gasteiger partial charge in [-0.1, -0.05) is 13.8 Å². The van der Waals surface area contributed by atoms with Gasteiger partial charge >= 0.3 is 12.0 Å². The fraction of sp³-hybridized carbons (Fsp3) is 0.526. The summed E-state index contributed by atoms with van der Waals surface area (Å²) >= 11 is 0. The second-order valence-corrected chi connectivity index (χ2v) is 7.40. The van der Waals surface area contributed by atoms with Crippen LogP contribution in [0.25, 0.3) is 0 Å². The number of ether oxygens (including phenoxy) is 3. The molecule has 0 spiro atoms. The van der Waals surface area contributed by atoms with Gasteiger partial charge in [-0.25, -0.2) is 9.59 Å². The molecule has 8 nitrogen and oxygen atoms in total. The van der Waals surface area contributed by atoms with Crippen LogP contribution in [0.5, 0.6) is 11.5 Å². The lowest BCUT2D eigenvalue weighted by Crippen LogP contribution is -2.49. The van der Waals surface area contributed by atoms with Crippen LogP contribution in [0.15, 0.2) is 18.2 Å². The van der Waals surface area contributed by atoms with Crippen LogP contribution < -0.4 is 20.1 Å². The van der Waals surface area contributed by atoms with Crippen LogP contribution in [0, 0.1) is 5.92 Å². The van der Waals surface area contributed by atoms with Gasteiger partial charge in [0.1, 0.15) is 0 Å². The van der Waals surface area contributed by atoms with E-state index in [4.69, 9.17) is 14.2 Å². The van der Waals surface area contributed by atoms with Crippen molar-refractivity contribution in [1.29, 1.82) is 0 Å². The van der Waals surface area contributed by atoms with Crippen LogP contribution in [0.2, 0.25) is 0 Å². The zero-order valence-corrected chi connectivity index (χ0v) is 16.7. The summed E-state index contributed by atoms with van der Waals surface area (Å²) < 4.78 is 15.8. The number of methoxy groups -OCH3 is 1. The van der Waals surface area contributed by atoms with Gasteiger partial charge in [-0.3, -0.25) is 10.1 Å². The van der Waals surface area contributed by atoms with Crippen LogP contribution in [0.4, 0.5) is 4.79 Å². The van der Waals surface area contributed by atoms with E-state index in [2.05, 4.69) is 10.6 Å². The smallest absolute Gasteiger partial charge is 0.338 e. The third-order valence-electron chi connectivity index (χ3n) is 3.05. The number of imide groups is 1. The Hall–Kier alpha value is -2.77. The fourth-order valence-electron chi connectivity index (χ4n) is 1.92. The molecule has 0 saturated carbocycles. The molecule has 1 aromatic rings. The van der Waals surface area contributed by atoms with Gasteiger partial charge in [-0.2, -0.15) is 0 Å². The lowest BCUT2D eigenvalue weighted by Gasteiger charge is -2.20. The Kier molecular flexibility index (Phi) is 8.08. The van der Waals surface area contributed by atoms with Gasteiger partial charge in [0.2, 0.25) is 0 Å². The monoisotopic (exact) mass is 380 g/mol. The van der Waals surface area contributed by atoms with Crippen LogP contribution in [0.1, 0.15) is 45.0 Å². The fourth-order valence-corrected chi connectivity index (χ4v) is 1.92. The van der Waals surface area contributed by atoms with Crippen molar-refractivity contribution in [3.05, 3.63) is 23.8 Å². The number of carbonyl (C=O) groups is 3. The molecule has 0 aliphatic rings. The van der Waals surface area contributed by atoms with Gasteiger partial charge in [-0.05, 0) is 44.9 Å². The Morgan fingerprint density at radius 2 is 1.78 bits per heavy atom. The van der Waals surface area contributed by atoms with E-state index in [1.54, 1.807) is 26.8 Å². The molecule has 150 valence electrons. The molecule has 0 saturated heterocycles. The number of esters is 1. The van der Waals surface area contributed by atoms with E-state index < -0.39 is 30.1 Å². The first kappa shape index (κ1) is 22.3. The summed E-state index contributed by atoms with van der Waals surface area (Å²) in [6.07, 6.45) is 0. The summed E-state index contributed by atoms with van der Waals surface area (Å²) in [5, 5.41) is 4.66. The zero-order chi connectivity index (χ0) is 20.6. The minimum Gasteiger partial charge on any atom is -0.493 e. The summed E-state index contributed by atoms with van der Waals surface area (Å²) in [7, 11) is 1.47. The average Bonchev–Trinajstić information content (AvgIpc) is 2.55. The van der Waals surface area contributed by atoms with E-state index in [9.17, 15) is 14.4 Å². The quantitative estimate of drug-likeness (QED) is 0.705. The van der Waals surface area contributed by atoms with E-state index in [-0.39, 0.29) is 5.56 Å². The van der Waals surface area contributed by atoms with Gasteiger partial charge in [0, 0.05) is 5.54 Å². The SMILES string of the molecule is COc1cc(C(=O)OCC(=O)NC(=O)NC(C)(C)C)ccc1OCC(C)C. The van der Waals surface area contributed by atoms with E-state index in [0.717, 1.165) is 0 Å². The first-order valence-corrected chi connectivity index (χ1v) is 8.61. The van der Waals surface area contributed by atoms with Gasteiger partial charge in [0.15, 0.2) is 18.1 Å². The van der Waals surface area contributed by atoms with Gasteiger partial charge in [0.05, 0.1) is 19.3 Å². The second-order valence-electron chi connectivity index (χ2n) is 7.40. The molecule has 8 heteroatoms. The van der Waals surface area contributed by atoms with Gasteiger partial charge in [-0.15, -0.1) is 0 Å². The van der Waals surface area contributed by atoms with Crippen molar-refractivity contribution < 1.29 is 28.6 Å². The third-order valence-corrected chi connectivity index (χ3v) is 3.05. The number of benzene rings is 1. The summed E-state index contributed by atoms with van der Waals surface area (Å²) in [5.74, 6) is -0.198. The number of hydrogen-bond donors (Lipinski definition) is 2. The highest BCUT2D eigenvalue weighted by atomic mass is 16.5. The van der Waals surface area contributed by atoms with Crippen LogP contribution in [-0.4, -0.2) is 43.8 Å². The molecule has 0 radical (unpaired) electrons. The third kappa shape index (κ3) is 8.44. The van der Waals surface area contributed by atoms with Crippen molar-refractivity contribution in [2.24, 2.45) is 5.92 Å². The molecular weight excluding hydrogens is 352 g/mol. The first-order valence-electron chi connectivity index (χ1n) is 8.61. The van der Waals surface area contributed by atoms with E-state index in [1.807, 2.05) is 13.8 Å². The average molecular weight is 380 g/mol. The Balaban J connectivity index is 2.61. The summed E-state index contributed by atoms with van der Waals surface area (Å²) in [6, 6.07) is 3.94. The highest BCUT2D eigenvalue weighted by molar-refractivity contribution is 5.97. The van der Waals surface area contributed by atoms with Crippen molar-refractivity contribution >= 4 is 17.9 Å². The maximum Gasteiger partial charge on any atom is 0.338 e. The molecule has 0 unspecified atom stereocenters. The van der Waals surface area contributed by atoms with Crippen LogP contribution >= 0.6 is 0 Å². The predicted octanol–water partition coefficient (Wildman–Crippen LogP) is 2.51. The van der Waals surface area contributed by atoms with Crippen molar-refractivity contribution in [3.63, 3.8) is 0 Å². The van der Waals surface area contributed by atoms with Crippen LogP contribution in [-0.2, 0) is 9.53 Å². The highest BCUT2D eigenvalue weighted by Crippen LogP contribution is 2.28. The normalized spacial score (nSPS) is 10.9. The standard InChI is InChI=1S/C19H28N2O6/c1-12(2)10-26-14-8-7-13(9-15(14)25-6)17(23)27-11-16(22)20-18(24)21-19(3,4)5/h7-9,12H,10-11H2,1-6H3,(H2,20,21,22,24).